The summed E-state index contributed by atoms with van der Waals surface area (Å²) in [5.41, 5.74) is 2.67. The van der Waals surface area contributed by atoms with Crippen molar-refractivity contribution in [2.24, 2.45) is 0 Å². The number of hydrazine groups is 1. The predicted octanol–water partition coefficient (Wildman–Crippen LogP) is 4.14. The Morgan fingerprint density at radius 2 is 1.57 bits per heavy atom. The molecule has 0 spiro atoms. The molecule has 0 aromatic heterocycles. The molecular formula is C20H24N2O. The summed E-state index contributed by atoms with van der Waals surface area (Å²) in [6, 6.07) is 17.5. The summed E-state index contributed by atoms with van der Waals surface area (Å²) in [5, 5.41) is 4.79. The van der Waals surface area contributed by atoms with E-state index in [2.05, 4.69) is 29.1 Å². The van der Waals surface area contributed by atoms with Crippen molar-refractivity contribution in [1.29, 1.82) is 0 Å². The van der Waals surface area contributed by atoms with Crippen LogP contribution in [0, 0.1) is 0 Å². The maximum absolute atomic E-state index is 12.5. The van der Waals surface area contributed by atoms with Crippen molar-refractivity contribution in [3.8, 4) is 0 Å². The van der Waals surface area contributed by atoms with Gasteiger partial charge >= 0.3 is 0 Å². The van der Waals surface area contributed by atoms with E-state index >= 15 is 0 Å². The van der Waals surface area contributed by atoms with E-state index in [9.17, 15) is 4.79 Å². The molecule has 3 heteroatoms. The zero-order chi connectivity index (χ0) is 16.1. The van der Waals surface area contributed by atoms with Crippen LogP contribution in [0.5, 0.6) is 0 Å². The maximum atomic E-state index is 12.5. The van der Waals surface area contributed by atoms with Gasteiger partial charge in [0.2, 0.25) is 0 Å². The average molecular weight is 308 g/mol. The van der Waals surface area contributed by atoms with E-state index in [1.165, 1.54) is 18.5 Å². The lowest BCUT2D eigenvalue weighted by atomic mass is 10.0. The Morgan fingerprint density at radius 1 is 0.957 bits per heavy atom. The molecule has 1 heterocycles. The van der Waals surface area contributed by atoms with Gasteiger partial charge in [-0.2, -0.15) is 0 Å². The third kappa shape index (κ3) is 3.62. The molecule has 1 aliphatic rings. The zero-order valence-electron chi connectivity index (χ0n) is 13.7. The molecule has 0 amide bonds. The topological polar surface area (TPSA) is 23.6 Å². The summed E-state index contributed by atoms with van der Waals surface area (Å²) in [7, 11) is 0. The maximum Gasteiger partial charge on any atom is 0.193 e. The highest BCUT2D eigenvalue weighted by Gasteiger charge is 2.19. The summed E-state index contributed by atoms with van der Waals surface area (Å²) in [4.78, 5) is 12.5. The molecule has 0 unspecified atom stereocenters. The number of benzene rings is 2. The number of hydrogen-bond donors (Lipinski definition) is 0. The molecule has 1 saturated heterocycles. The molecule has 23 heavy (non-hydrogen) atoms. The minimum absolute atomic E-state index is 0.0837. The second-order valence-corrected chi connectivity index (χ2v) is 6.03. The van der Waals surface area contributed by atoms with Crippen molar-refractivity contribution >= 4 is 11.5 Å². The number of hydrogen-bond acceptors (Lipinski definition) is 3. The molecule has 0 atom stereocenters. The standard InChI is InChI=1S/C20H24N2O/c1-2-14-22(21-15-6-7-16-21)19-12-10-18(11-13-19)20(23)17-8-4-3-5-9-17/h3-5,8-13H,2,6-7,14-16H2,1H3. The second-order valence-electron chi connectivity index (χ2n) is 6.03. The Balaban J connectivity index is 1.79. The van der Waals surface area contributed by atoms with E-state index in [4.69, 9.17) is 0 Å². The van der Waals surface area contributed by atoms with Crippen molar-refractivity contribution in [3.05, 3.63) is 65.7 Å². The van der Waals surface area contributed by atoms with Crippen LogP contribution in [0.2, 0.25) is 0 Å². The van der Waals surface area contributed by atoms with Crippen LogP contribution in [0.4, 0.5) is 5.69 Å². The van der Waals surface area contributed by atoms with Gasteiger partial charge in [-0.05, 0) is 43.5 Å². The lowest BCUT2D eigenvalue weighted by Crippen LogP contribution is -2.41. The van der Waals surface area contributed by atoms with Crippen LogP contribution >= 0.6 is 0 Å². The summed E-state index contributed by atoms with van der Waals surface area (Å²) < 4.78 is 0. The summed E-state index contributed by atoms with van der Waals surface area (Å²) in [5.74, 6) is 0.0837. The van der Waals surface area contributed by atoms with Crippen molar-refractivity contribution in [2.45, 2.75) is 26.2 Å². The second kappa shape index (κ2) is 7.42. The van der Waals surface area contributed by atoms with Crippen LogP contribution in [0.25, 0.3) is 0 Å². The number of nitrogens with zero attached hydrogens (tertiary/aromatic N) is 2. The Kier molecular flexibility index (Phi) is 5.09. The van der Waals surface area contributed by atoms with Crippen LogP contribution in [-0.4, -0.2) is 30.4 Å². The molecule has 0 aliphatic carbocycles. The molecule has 2 aromatic carbocycles. The first-order chi connectivity index (χ1) is 11.3. The highest BCUT2D eigenvalue weighted by atomic mass is 16.1. The van der Waals surface area contributed by atoms with Gasteiger partial charge in [0, 0.05) is 30.8 Å². The molecule has 120 valence electrons. The third-order valence-electron chi connectivity index (χ3n) is 4.32. The van der Waals surface area contributed by atoms with Crippen molar-refractivity contribution in [1.82, 2.24) is 5.01 Å². The lowest BCUT2D eigenvalue weighted by Gasteiger charge is -2.33. The molecule has 0 N–H and O–H groups in total. The smallest absolute Gasteiger partial charge is 0.193 e. The van der Waals surface area contributed by atoms with E-state index in [0.717, 1.165) is 37.2 Å². The lowest BCUT2D eigenvalue weighted by molar-refractivity contribution is 0.103. The van der Waals surface area contributed by atoms with Crippen molar-refractivity contribution in [3.63, 3.8) is 0 Å². The van der Waals surface area contributed by atoms with E-state index < -0.39 is 0 Å². The van der Waals surface area contributed by atoms with Crippen LogP contribution in [0.3, 0.4) is 0 Å². The van der Waals surface area contributed by atoms with Crippen LogP contribution in [0.15, 0.2) is 54.6 Å². The van der Waals surface area contributed by atoms with E-state index in [-0.39, 0.29) is 5.78 Å². The fraction of sp³-hybridized carbons (Fsp3) is 0.350. The molecule has 1 aliphatic heterocycles. The Labute approximate surface area is 138 Å². The van der Waals surface area contributed by atoms with Gasteiger partial charge in [0.15, 0.2) is 5.78 Å². The molecular weight excluding hydrogens is 284 g/mol. The number of carbonyl (C=O) groups is 1. The predicted molar refractivity (Wildman–Crippen MR) is 94.8 cm³/mol. The number of rotatable bonds is 6. The van der Waals surface area contributed by atoms with Gasteiger partial charge in [0.25, 0.3) is 0 Å². The van der Waals surface area contributed by atoms with E-state index in [1.54, 1.807) is 0 Å². The van der Waals surface area contributed by atoms with Gasteiger partial charge in [-0.15, -0.1) is 0 Å². The zero-order valence-corrected chi connectivity index (χ0v) is 13.7. The SMILES string of the molecule is CCCN(c1ccc(C(=O)c2ccccc2)cc1)N1CCCC1. The average Bonchev–Trinajstić information content (AvgIpc) is 3.14. The van der Waals surface area contributed by atoms with Gasteiger partial charge in [0.1, 0.15) is 0 Å². The highest BCUT2D eigenvalue weighted by molar-refractivity contribution is 6.09. The normalized spacial score (nSPS) is 14.8. The van der Waals surface area contributed by atoms with Crippen LogP contribution < -0.4 is 5.01 Å². The van der Waals surface area contributed by atoms with Gasteiger partial charge in [0.05, 0.1) is 5.69 Å². The summed E-state index contributed by atoms with van der Waals surface area (Å²) in [6.45, 7) is 5.48. The van der Waals surface area contributed by atoms with Crippen molar-refractivity contribution < 1.29 is 4.79 Å². The van der Waals surface area contributed by atoms with E-state index in [0.29, 0.717) is 0 Å². The van der Waals surface area contributed by atoms with Gasteiger partial charge < -0.3 is 5.01 Å². The molecule has 3 rings (SSSR count). The molecule has 1 fully saturated rings. The quantitative estimate of drug-likeness (QED) is 0.749. The molecule has 0 saturated carbocycles. The highest BCUT2D eigenvalue weighted by Crippen LogP contribution is 2.22. The fourth-order valence-corrected chi connectivity index (χ4v) is 3.13. The monoisotopic (exact) mass is 308 g/mol. The Bertz CT molecular complexity index is 630. The Hall–Kier alpha value is -2.13. The van der Waals surface area contributed by atoms with Crippen LogP contribution in [-0.2, 0) is 0 Å². The van der Waals surface area contributed by atoms with Gasteiger partial charge in [-0.3, -0.25) is 4.79 Å². The molecule has 2 aromatic rings. The summed E-state index contributed by atoms with van der Waals surface area (Å²) in [6.07, 6.45) is 3.65. The Morgan fingerprint density at radius 3 is 2.17 bits per heavy atom. The first-order valence-electron chi connectivity index (χ1n) is 8.52. The number of ketones is 1. The van der Waals surface area contributed by atoms with Gasteiger partial charge in [-0.25, -0.2) is 5.01 Å². The first kappa shape index (κ1) is 15.8. The molecule has 0 bridgehead atoms. The molecule has 3 nitrogen and oxygen atoms in total. The minimum atomic E-state index is 0.0837. The van der Waals surface area contributed by atoms with Gasteiger partial charge in [-0.1, -0.05) is 37.3 Å². The van der Waals surface area contributed by atoms with Crippen LogP contribution in [0.1, 0.15) is 42.1 Å². The number of carbonyl (C=O) groups excluding carboxylic acids is 1. The number of anilines is 1. The summed E-state index contributed by atoms with van der Waals surface area (Å²) >= 11 is 0. The first-order valence-corrected chi connectivity index (χ1v) is 8.52. The van der Waals surface area contributed by atoms with E-state index in [1.807, 2.05) is 42.5 Å². The largest absolute Gasteiger partial charge is 0.306 e. The molecule has 0 radical (unpaired) electrons. The fourth-order valence-electron chi connectivity index (χ4n) is 3.13. The van der Waals surface area contributed by atoms with Crippen molar-refractivity contribution in [2.75, 3.05) is 24.6 Å². The minimum Gasteiger partial charge on any atom is -0.306 e. The third-order valence-corrected chi connectivity index (χ3v) is 4.32.